The second-order valence-electron chi connectivity index (χ2n) is 13.6. The van der Waals surface area contributed by atoms with Gasteiger partial charge in [-0.3, -0.25) is 24.0 Å². The van der Waals surface area contributed by atoms with Crippen LogP contribution in [0.2, 0.25) is 0 Å². The number of ether oxygens (including phenoxy) is 2. The monoisotopic (exact) mass is 736 g/mol. The van der Waals surface area contributed by atoms with E-state index in [-0.39, 0.29) is 53.8 Å². The van der Waals surface area contributed by atoms with Crippen LogP contribution in [0, 0.1) is 11.8 Å². The van der Waals surface area contributed by atoms with Crippen molar-refractivity contribution in [3.05, 3.63) is 16.1 Å². The van der Waals surface area contributed by atoms with E-state index in [0.717, 1.165) is 25.8 Å². The summed E-state index contributed by atoms with van der Waals surface area (Å²) in [6.45, 7) is 14.2. The minimum absolute atomic E-state index is 0.0287. The van der Waals surface area contributed by atoms with Crippen molar-refractivity contribution >= 4 is 46.9 Å². The Morgan fingerprint density at radius 1 is 1.06 bits per heavy atom. The van der Waals surface area contributed by atoms with Crippen LogP contribution >= 0.6 is 11.3 Å². The van der Waals surface area contributed by atoms with Gasteiger partial charge >= 0.3 is 11.9 Å². The first-order chi connectivity index (χ1) is 24.2. The largest absolute Gasteiger partial charge is 0.467 e. The van der Waals surface area contributed by atoms with Gasteiger partial charge in [0.15, 0.2) is 6.10 Å². The van der Waals surface area contributed by atoms with Crippen LogP contribution in [0.4, 0.5) is 0 Å². The van der Waals surface area contributed by atoms with Crippen molar-refractivity contribution in [3.63, 3.8) is 0 Å². The number of nitrogens with one attached hydrogen (secondary N) is 4. The van der Waals surface area contributed by atoms with Crippen LogP contribution < -0.4 is 21.3 Å². The van der Waals surface area contributed by atoms with E-state index in [1.54, 1.807) is 5.38 Å². The third kappa shape index (κ3) is 14.2. The minimum atomic E-state index is -0.805. The summed E-state index contributed by atoms with van der Waals surface area (Å²) in [4.78, 5) is 82.7. The molecule has 2 heterocycles. The number of esters is 2. The number of hydrogen-bond acceptors (Lipinski definition) is 11. The molecule has 0 radical (unpaired) electrons. The van der Waals surface area contributed by atoms with E-state index in [1.807, 2.05) is 39.5 Å². The molecule has 0 saturated carbocycles. The lowest BCUT2D eigenvalue weighted by Gasteiger charge is -2.39. The van der Waals surface area contributed by atoms with Gasteiger partial charge in [-0.15, -0.1) is 11.3 Å². The topological polar surface area (TPSA) is 185 Å². The Balaban J connectivity index is 2.19. The number of rotatable bonds is 21. The van der Waals surface area contributed by atoms with Gasteiger partial charge in [-0.1, -0.05) is 47.5 Å². The van der Waals surface area contributed by atoms with Gasteiger partial charge in [0.25, 0.3) is 5.91 Å². The van der Waals surface area contributed by atoms with Crippen molar-refractivity contribution < 1.29 is 38.2 Å². The third-order valence-electron chi connectivity index (χ3n) is 9.18. The maximum absolute atomic E-state index is 14.4. The van der Waals surface area contributed by atoms with Crippen LogP contribution in [0.25, 0.3) is 0 Å². The molecule has 0 aliphatic carbocycles. The van der Waals surface area contributed by atoms with E-state index in [4.69, 9.17) is 9.47 Å². The van der Waals surface area contributed by atoms with Gasteiger partial charge in [0, 0.05) is 44.8 Å². The first-order valence-electron chi connectivity index (χ1n) is 18.3. The molecule has 51 heavy (non-hydrogen) atoms. The molecule has 288 valence electrons. The molecule has 4 amide bonds. The van der Waals surface area contributed by atoms with E-state index in [9.17, 15) is 28.8 Å². The molecule has 4 N–H and O–H groups in total. The molecule has 14 nitrogen and oxygen atoms in total. The highest BCUT2D eigenvalue weighted by molar-refractivity contribution is 7.09. The summed E-state index contributed by atoms with van der Waals surface area (Å²) >= 11 is 1.21. The molecule has 1 fully saturated rings. The van der Waals surface area contributed by atoms with E-state index in [1.165, 1.54) is 32.3 Å². The number of nitrogens with zero attached hydrogens (tertiary/aromatic N) is 2. The van der Waals surface area contributed by atoms with Crippen LogP contribution in [0.15, 0.2) is 5.38 Å². The second kappa shape index (κ2) is 22.4. The van der Waals surface area contributed by atoms with Gasteiger partial charge in [0.2, 0.25) is 17.7 Å². The maximum Gasteiger partial charge on any atom is 0.328 e. The molecule has 6 atom stereocenters. The zero-order valence-corrected chi connectivity index (χ0v) is 32.5. The lowest BCUT2D eigenvalue weighted by atomic mass is 9.92. The summed E-state index contributed by atoms with van der Waals surface area (Å²) < 4.78 is 10.5. The van der Waals surface area contributed by atoms with Crippen LogP contribution in [0.5, 0.6) is 0 Å². The predicted molar refractivity (Wildman–Crippen MR) is 195 cm³/mol. The van der Waals surface area contributed by atoms with Gasteiger partial charge in [-0.25, -0.2) is 9.78 Å². The Morgan fingerprint density at radius 3 is 2.35 bits per heavy atom. The standard InChI is InChI=1S/C36H60N6O8S/c1-9-19-42(35(47)31(23(5)10-2)41-33(46)26-15-11-13-17-37-26)29(22(3)4)20-30(50-25(7)44)34-40-28(21-51-34)32(45)38-18-14-12-16-27(36(48)49-8)39-24(6)43/h21-23,26-27,29-31,37H,9-20H2,1-8H3,(H,38,45)(H,39,43)(H,41,46)/t23-,26+,27-,29+,30+,31-/m0/s1. The summed E-state index contributed by atoms with van der Waals surface area (Å²) in [7, 11) is 1.26. The van der Waals surface area contributed by atoms with Crippen molar-refractivity contribution in [3.8, 4) is 0 Å². The lowest BCUT2D eigenvalue weighted by molar-refractivity contribution is -0.149. The summed E-state index contributed by atoms with van der Waals surface area (Å²) in [5, 5.41) is 13.8. The predicted octanol–water partition coefficient (Wildman–Crippen LogP) is 3.65. The van der Waals surface area contributed by atoms with Crippen LogP contribution in [0.1, 0.15) is 128 Å². The Morgan fingerprint density at radius 2 is 1.78 bits per heavy atom. The van der Waals surface area contributed by atoms with Crippen molar-refractivity contribution in [2.45, 2.75) is 137 Å². The van der Waals surface area contributed by atoms with Gasteiger partial charge in [-0.05, 0) is 56.9 Å². The molecule has 0 spiro atoms. The van der Waals surface area contributed by atoms with E-state index in [0.29, 0.717) is 50.2 Å². The Hall–Kier alpha value is -3.59. The Labute approximate surface area is 306 Å². The summed E-state index contributed by atoms with van der Waals surface area (Å²) in [5.74, 6) is -2.22. The minimum Gasteiger partial charge on any atom is -0.467 e. The van der Waals surface area contributed by atoms with Crippen molar-refractivity contribution in [2.75, 3.05) is 26.7 Å². The highest BCUT2D eigenvalue weighted by Crippen LogP contribution is 2.31. The number of aromatic nitrogens is 1. The molecule has 1 saturated heterocycles. The van der Waals surface area contributed by atoms with Gasteiger partial charge < -0.3 is 35.6 Å². The fraction of sp³-hybridized carbons (Fsp3) is 0.750. The first kappa shape index (κ1) is 43.6. The molecule has 1 aromatic heterocycles. The van der Waals surface area contributed by atoms with Crippen LogP contribution in [-0.4, -0.2) is 96.4 Å². The molecule has 0 bridgehead atoms. The highest BCUT2D eigenvalue weighted by Gasteiger charge is 2.38. The van der Waals surface area contributed by atoms with Crippen molar-refractivity contribution in [1.82, 2.24) is 31.2 Å². The quantitative estimate of drug-likeness (QED) is 0.107. The number of hydrogen-bond donors (Lipinski definition) is 4. The van der Waals surface area contributed by atoms with Crippen molar-refractivity contribution in [1.29, 1.82) is 0 Å². The molecule has 1 aromatic rings. The van der Waals surface area contributed by atoms with E-state index >= 15 is 0 Å². The number of unbranched alkanes of at least 4 members (excludes halogenated alkanes) is 1. The SMILES string of the molecule is CCCN(C(=O)[C@@H](NC(=O)[C@H]1CCCCN1)[C@@H](C)CC)[C@H](C[C@@H](OC(C)=O)c1nc(C(=O)NCCCC[C@H](NC(C)=O)C(=O)OC)cs1)C(C)C. The molecule has 1 aliphatic heterocycles. The fourth-order valence-electron chi connectivity index (χ4n) is 6.19. The zero-order chi connectivity index (χ0) is 38.1. The summed E-state index contributed by atoms with van der Waals surface area (Å²) in [5.41, 5.74) is 0.177. The molecule has 15 heteroatoms. The molecular formula is C36H60N6O8S. The summed E-state index contributed by atoms with van der Waals surface area (Å²) in [6, 6.07) is -2.14. The smallest absolute Gasteiger partial charge is 0.328 e. The lowest BCUT2D eigenvalue weighted by Crippen LogP contribution is -2.58. The highest BCUT2D eigenvalue weighted by atomic mass is 32.1. The Bertz CT molecular complexity index is 1300. The summed E-state index contributed by atoms with van der Waals surface area (Å²) in [6.07, 6.45) is 5.04. The number of methoxy groups -OCH3 is 1. The molecule has 0 aromatic carbocycles. The molecule has 0 unspecified atom stereocenters. The third-order valence-corrected chi connectivity index (χ3v) is 10.1. The average Bonchev–Trinajstić information content (AvgIpc) is 3.60. The number of amides is 4. The second-order valence-corrected chi connectivity index (χ2v) is 14.5. The number of thiazole rings is 1. The number of carbonyl (C=O) groups is 6. The number of piperidine rings is 1. The van der Waals surface area contributed by atoms with E-state index in [2.05, 4.69) is 26.3 Å². The molecule has 1 aliphatic rings. The molecule has 2 rings (SSSR count). The van der Waals surface area contributed by atoms with Gasteiger partial charge in [0.05, 0.1) is 13.2 Å². The maximum atomic E-state index is 14.4. The van der Waals surface area contributed by atoms with Crippen molar-refractivity contribution in [2.24, 2.45) is 11.8 Å². The van der Waals surface area contributed by atoms with Gasteiger partial charge in [-0.2, -0.15) is 0 Å². The van der Waals surface area contributed by atoms with E-state index < -0.39 is 36.0 Å². The number of carbonyl (C=O) groups excluding carboxylic acids is 6. The fourth-order valence-corrected chi connectivity index (χ4v) is 7.03. The van der Waals surface area contributed by atoms with Crippen LogP contribution in [0.3, 0.4) is 0 Å². The molecular weight excluding hydrogens is 676 g/mol. The van der Waals surface area contributed by atoms with Crippen LogP contribution in [-0.2, 0) is 33.4 Å². The average molecular weight is 737 g/mol. The van der Waals surface area contributed by atoms with Gasteiger partial charge in [0.1, 0.15) is 22.8 Å². The first-order valence-corrected chi connectivity index (χ1v) is 19.2. The zero-order valence-electron chi connectivity index (χ0n) is 31.7. The normalized spacial score (nSPS) is 17.3. The Kier molecular flexibility index (Phi) is 19.1.